The minimum absolute atomic E-state index is 0.350. The summed E-state index contributed by atoms with van der Waals surface area (Å²) in [6, 6.07) is 5.32. The molecule has 0 saturated heterocycles. The lowest BCUT2D eigenvalue weighted by Crippen LogP contribution is -2.40. The van der Waals surface area contributed by atoms with E-state index in [1.807, 2.05) is 6.07 Å². The van der Waals surface area contributed by atoms with Crippen LogP contribution in [-0.2, 0) is 4.79 Å². The molecule has 1 fully saturated rings. The predicted molar refractivity (Wildman–Crippen MR) is 85.7 cm³/mol. The van der Waals surface area contributed by atoms with Crippen molar-refractivity contribution in [3.63, 3.8) is 0 Å². The summed E-state index contributed by atoms with van der Waals surface area (Å²) in [7, 11) is 0. The van der Waals surface area contributed by atoms with E-state index in [4.69, 9.17) is 17.3 Å². The zero-order valence-corrected chi connectivity index (χ0v) is 13.7. The van der Waals surface area contributed by atoms with Crippen LogP contribution in [0.15, 0.2) is 22.7 Å². The summed E-state index contributed by atoms with van der Waals surface area (Å²) in [5.41, 5.74) is 6.43. The number of carbonyl (C=O) groups excluding carboxylic acids is 1. The van der Waals surface area contributed by atoms with Crippen molar-refractivity contribution in [2.75, 3.05) is 0 Å². The number of nitrogens with one attached hydrogen (secondary N) is 1. The molecule has 2 rings (SSSR count). The van der Waals surface area contributed by atoms with Crippen molar-refractivity contribution in [1.29, 1.82) is 0 Å². The minimum Gasteiger partial charge on any atom is -0.368 e. The van der Waals surface area contributed by atoms with Gasteiger partial charge in [0.2, 0.25) is 5.91 Å². The molecule has 1 unspecified atom stereocenters. The van der Waals surface area contributed by atoms with Gasteiger partial charge in [0.15, 0.2) is 0 Å². The van der Waals surface area contributed by atoms with Gasteiger partial charge in [-0.15, -0.1) is 0 Å². The fourth-order valence-electron chi connectivity index (χ4n) is 2.74. The second-order valence-electron chi connectivity index (χ2n) is 5.36. The van der Waals surface area contributed by atoms with Crippen molar-refractivity contribution < 1.29 is 4.79 Å². The number of amides is 1. The van der Waals surface area contributed by atoms with Crippen LogP contribution in [0.3, 0.4) is 0 Å². The minimum atomic E-state index is -0.468. The second kappa shape index (κ2) is 7.43. The summed E-state index contributed by atoms with van der Waals surface area (Å²) in [5, 5.41) is 4.06. The topological polar surface area (TPSA) is 55.1 Å². The quantitative estimate of drug-likeness (QED) is 0.800. The van der Waals surface area contributed by atoms with E-state index in [0.717, 1.165) is 22.9 Å². The molecule has 1 atom stereocenters. The summed E-state index contributed by atoms with van der Waals surface area (Å²) < 4.78 is 0.815. The van der Waals surface area contributed by atoms with Crippen molar-refractivity contribution in [3.8, 4) is 0 Å². The molecule has 1 saturated carbocycles. The highest BCUT2D eigenvalue weighted by Crippen LogP contribution is 2.28. The standard InChI is InChI=1S/C15H20BrClN2O/c16-13-9-10(17)7-8-12(13)14(15(18)20)19-11-5-3-1-2-4-6-11/h7-9,11,14,19H,1-6H2,(H2,18,20). The fourth-order valence-corrected chi connectivity index (χ4v) is 3.65. The maximum atomic E-state index is 11.8. The van der Waals surface area contributed by atoms with Crippen LogP contribution in [0.2, 0.25) is 5.02 Å². The van der Waals surface area contributed by atoms with Gasteiger partial charge in [-0.3, -0.25) is 10.1 Å². The van der Waals surface area contributed by atoms with Crippen molar-refractivity contribution in [1.82, 2.24) is 5.32 Å². The highest BCUT2D eigenvalue weighted by atomic mass is 79.9. The maximum absolute atomic E-state index is 11.8. The monoisotopic (exact) mass is 358 g/mol. The van der Waals surface area contributed by atoms with Crippen molar-refractivity contribution in [2.45, 2.75) is 50.6 Å². The number of hydrogen-bond acceptors (Lipinski definition) is 2. The molecule has 0 radical (unpaired) electrons. The van der Waals surface area contributed by atoms with E-state index in [0.29, 0.717) is 11.1 Å². The Balaban J connectivity index is 2.15. The van der Waals surface area contributed by atoms with E-state index < -0.39 is 6.04 Å². The van der Waals surface area contributed by atoms with Gasteiger partial charge in [-0.1, -0.05) is 59.3 Å². The Morgan fingerprint density at radius 3 is 2.50 bits per heavy atom. The Morgan fingerprint density at radius 1 is 1.30 bits per heavy atom. The molecule has 0 aromatic heterocycles. The largest absolute Gasteiger partial charge is 0.368 e. The lowest BCUT2D eigenvalue weighted by atomic mass is 10.0. The van der Waals surface area contributed by atoms with Crippen LogP contribution in [0.25, 0.3) is 0 Å². The SMILES string of the molecule is NC(=O)C(NC1CCCCCC1)c1ccc(Cl)cc1Br. The lowest BCUT2D eigenvalue weighted by Gasteiger charge is -2.24. The molecule has 1 aromatic rings. The van der Waals surface area contributed by atoms with E-state index in [-0.39, 0.29) is 5.91 Å². The number of nitrogens with two attached hydrogens (primary N) is 1. The van der Waals surface area contributed by atoms with E-state index in [2.05, 4.69) is 21.2 Å². The summed E-state index contributed by atoms with van der Waals surface area (Å²) >= 11 is 9.41. The zero-order valence-electron chi connectivity index (χ0n) is 11.4. The average Bonchev–Trinajstić information content (AvgIpc) is 2.65. The molecule has 5 heteroatoms. The highest BCUT2D eigenvalue weighted by molar-refractivity contribution is 9.10. The molecule has 110 valence electrons. The maximum Gasteiger partial charge on any atom is 0.239 e. The third kappa shape index (κ3) is 4.21. The second-order valence-corrected chi connectivity index (χ2v) is 6.65. The molecule has 20 heavy (non-hydrogen) atoms. The third-order valence-corrected chi connectivity index (χ3v) is 4.74. The zero-order chi connectivity index (χ0) is 14.5. The van der Waals surface area contributed by atoms with Gasteiger partial charge in [0, 0.05) is 15.5 Å². The summed E-state index contributed by atoms with van der Waals surface area (Å²) in [6.07, 6.45) is 7.20. The molecule has 1 aromatic carbocycles. The Hall–Kier alpha value is -0.580. The number of hydrogen-bond donors (Lipinski definition) is 2. The van der Waals surface area contributed by atoms with E-state index in [1.165, 1.54) is 25.7 Å². The first kappa shape index (κ1) is 15.8. The van der Waals surface area contributed by atoms with Crippen molar-refractivity contribution >= 4 is 33.4 Å². The lowest BCUT2D eigenvalue weighted by molar-refractivity contribution is -0.120. The van der Waals surface area contributed by atoms with Gasteiger partial charge in [-0.25, -0.2) is 0 Å². The van der Waals surface area contributed by atoms with E-state index in [1.54, 1.807) is 12.1 Å². The molecule has 0 heterocycles. The molecule has 0 spiro atoms. The Bertz CT molecular complexity index is 473. The summed E-state index contributed by atoms with van der Waals surface area (Å²) in [4.78, 5) is 11.8. The highest BCUT2D eigenvalue weighted by Gasteiger charge is 2.24. The third-order valence-electron chi connectivity index (χ3n) is 3.82. The number of carbonyl (C=O) groups is 1. The molecule has 0 aliphatic heterocycles. The van der Waals surface area contributed by atoms with Gasteiger partial charge < -0.3 is 5.73 Å². The Kier molecular flexibility index (Phi) is 5.87. The first-order chi connectivity index (χ1) is 9.58. The van der Waals surface area contributed by atoms with Crippen LogP contribution >= 0.6 is 27.5 Å². The predicted octanol–water partition coefficient (Wildman–Crippen LogP) is 3.94. The number of halogens is 2. The summed E-state index contributed by atoms with van der Waals surface area (Å²) in [5.74, 6) is -0.350. The van der Waals surface area contributed by atoms with Gasteiger partial charge in [0.05, 0.1) is 0 Å². The van der Waals surface area contributed by atoms with E-state index in [9.17, 15) is 4.79 Å². The van der Waals surface area contributed by atoms with Gasteiger partial charge >= 0.3 is 0 Å². The van der Waals surface area contributed by atoms with Crippen molar-refractivity contribution in [3.05, 3.63) is 33.3 Å². The molecule has 1 aliphatic rings. The first-order valence-corrected chi connectivity index (χ1v) is 8.25. The average molecular weight is 360 g/mol. The van der Waals surface area contributed by atoms with Crippen LogP contribution in [0.1, 0.15) is 50.1 Å². The van der Waals surface area contributed by atoms with E-state index >= 15 is 0 Å². The molecular weight excluding hydrogens is 340 g/mol. The Morgan fingerprint density at radius 2 is 1.95 bits per heavy atom. The van der Waals surface area contributed by atoms with Gasteiger partial charge in [-0.2, -0.15) is 0 Å². The van der Waals surface area contributed by atoms with Gasteiger partial charge in [0.25, 0.3) is 0 Å². The first-order valence-electron chi connectivity index (χ1n) is 7.08. The van der Waals surface area contributed by atoms with Crippen molar-refractivity contribution in [2.24, 2.45) is 5.73 Å². The van der Waals surface area contributed by atoms with Crippen LogP contribution in [-0.4, -0.2) is 11.9 Å². The van der Waals surface area contributed by atoms with Crippen LogP contribution in [0, 0.1) is 0 Å². The number of benzene rings is 1. The number of rotatable bonds is 4. The number of primary amides is 1. The van der Waals surface area contributed by atoms with Crippen LogP contribution < -0.4 is 11.1 Å². The summed E-state index contributed by atoms with van der Waals surface area (Å²) in [6.45, 7) is 0. The smallest absolute Gasteiger partial charge is 0.239 e. The normalized spacial score (nSPS) is 18.5. The van der Waals surface area contributed by atoms with Crippen LogP contribution in [0.5, 0.6) is 0 Å². The molecular formula is C15H20BrClN2O. The van der Waals surface area contributed by atoms with Gasteiger partial charge in [-0.05, 0) is 30.5 Å². The molecule has 0 bridgehead atoms. The molecule has 3 N–H and O–H groups in total. The molecule has 1 aliphatic carbocycles. The molecule has 3 nitrogen and oxygen atoms in total. The fraction of sp³-hybridized carbons (Fsp3) is 0.533. The molecule has 1 amide bonds. The van der Waals surface area contributed by atoms with Gasteiger partial charge in [0.1, 0.15) is 6.04 Å². The Labute approximate surface area is 133 Å². The van der Waals surface area contributed by atoms with Crippen LogP contribution in [0.4, 0.5) is 0 Å².